The second-order valence-electron chi connectivity index (χ2n) is 6.43. The van der Waals surface area contributed by atoms with E-state index in [1.807, 2.05) is 18.2 Å². The molecule has 1 saturated heterocycles. The highest BCUT2D eigenvalue weighted by Crippen LogP contribution is 2.21. The Morgan fingerprint density at radius 1 is 1.23 bits per heavy atom. The Morgan fingerprint density at radius 2 is 2.04 bits per heavy atom. The fourth-order valence-corrected chi connectivity index (χ4v) is 3.25. The van der Waals surface area contributed by atoms with E-state index in [-0.39, 0.29) is 17.6 Å². The minimum absolute atomic E-state index is 0.185. The van der Waals surface area contributed by atoms with Crippen LogP contribution in [0.4, 0.5) is 0 Å². The van der Waals surface area contributed by atoms with E-state index in [0.29, 0.717) is 26.0 Å². The van der Waals surface area contributed by atoms with Gasteiger partial charge >= 0.3 is 5.97 Å². The summed E-state index contributed by atoms with van der Waals surface area (Å²) in [5.74, 6) is -0.449. The van der Waals surface area contributed by atoms with Crippen molar-refractivity contribution in [2.24, 2.45) is 0 Å². The van der Waals surface area contributed by atoms with Gasteiger partial charge in [0.2, 0.25) is 5.76 Å². The second-order valence-corrected chi connectivity index (χ2v) is 6.43. The zero-order chi connectivity index (χ0) is 18.4. The number of likely N-dealkylation sites (tertiary alicyclic amines) is 1. The highest BCUT2D eigenvalue weighted by atomic mass is 16.5. The van der Waals surface area contributed by atoms with Crippen molar-refractivity contribution in [3.05, 3.63) is 53.4 Å². The largest absolute Gasteiger partial charge is 0.464 e. The number of hydrogen-bond acceptors (Lipinski definition) is 5. The summed E-state index contributed by atoms with van der Waals surface area (Å²) in [5.41, 5.74) is 1.95. The van der Waals surface area contributed by atoms with Gasteiger partial charge in [-0.1, -0.05) is 35.5 Å². The molecule has 6 nitrogen and oxygen atoms in total. The van der Waals surface area contributed by atoms with Gasteiger partial charge in [0.05, 0.1) is 12.3 Å². The van der Waals surface area contributed by atoms with Crippen LogP contribution in [-0.4, -0.2) is 41.1 Å². The Labute approximate surface area is 153 Å². The van der Waals surface area contributed by atoms with Gasteiger partial charge in [-0.25, -0.2) is 4.79 Å². The van der Waals surface area contributed by atoms with Gasteiger partial charge in [-0.2, -0.15) is 0 Å². The number of rotatable bonds is 6. The lowest BCUT2D eigenvalue weighted by molar-refractivity contribution is -0.149. The highest BCUT2D eigenvalue weighted by Gasteiger charge is 2.35. The third kappa shape index (κ3) is 4.31. The molecule has 0 N–H and O–H groups in total. The lowest BCUT2D eigenvalue weighted by atomic mass is 10.0. The van der Waals surface area contributed by atoms with E-state index in [1.54, 1.807) is 17.9 Å². The molecular formula is C20H24N2O4. The molecule has 1 aromatic carbocycles. The molecule has 1 aliphatic rings. The van der Waals surface area contributed by atoms with Gasteiger partial charge in [0.1, 0.15) is 6.04 Å². The Balaban J connectivity index is 1.65. The van der Waals surface area contributed by atoms with E-state index in [9.17, 15) is 9.59 Å². The summed E-state index contributed by atoms with van der Waals surface area (Å²) in [4.78, 5) is 26.5. The van der Waals surface area contributed by atoms with Gasteiger partial charge < -0.3 is 14.2 Å². The summed E-state index contributed by atoms with van der Waals surface area (Å²) in [6.07, 6.45) is 3.93. The Kier molecular flexibility index (Phi) is 6.04. The van der Waals surface area contributed by atoms with Crippen molar-refractivity contribution < 1.29 is 18.8 Å². The van der Waals surface area contributed by atoms with Crippen LogP contribution in [0.2, 0.25) is 0 Å². The number of carbonyl (C=O) groups excluding carboxylic acids is 2. The topological polar surface area (TPSA) is 72.6 Å². The maximum absolute atomic E-state index is 12.8. The SMILES string of the molecule is CCOC(=O)C1CCCCN1C(=O)c1cc(CCc2ccccc2)no1. The molecule has 0 radical (unpaired) electrons. The Morgan fingerprint density at radius 3 is 2.81 bits per heavy atom. The Bertz CT molecular complexity index is 741. The summed E-state index contributed by atoms with van der Waals surface area (Å²) in [6.45, 7) is 2.61. The number of amides is 1. The predicted octanol–water partition coefficient (Wildman–Crippen LogP) is 3.02. The quantitative estimate of drug-likeness (QED) is 0.744. The van der Waals surface area contributed by atoms with Crippen molar-refractivity contribution in [3.8, 4) is 0 Å². The number of esters is 1. The number of aromatic nitrogens is 1. The molecule has 1 amide bonds. The molecule has 3 rings (SSSR count). The van der Waals surface area contributed by atoms with Gasteiger partial charge in [0, 0.05) is 12.6 Å². The van der Waals surface area contributed by atoms with E-state index in [2.05, 4.69) is 17.3 Å². The van der Waals surface area contributed by atoms with E-state index in [4.69, 9.17) is 9.26 Å². The van der Waals surface area contributed by atoms with Crippen LogP contribution in [0.15, 0.2) is 40.9 Å². The predicted molar refractivity (Wildman–Crippen MR) is 95.7 cm³/mol. The van der Waals surface area contributed by atoms with Crippen LogP contribution in [0, 0.1) is 0 Å². The first kappa shape index (κ1) is 18.2. The van der Waals surface area contributed by atoms with Crippen LogP contribution in [0.1, 0.15) is 48.0 Å². The van der Waals surface area contributed by atoms with Crippen molar-refractivity contribution in [3.63, 3.8) is 0 Å². The molecule has 1 fully saturated rings. The second kappa shape index (κ2) is 8.65. The molecule has 2 heterocycles. The monoisotopic (exact) mass is 356 g/mol. The summed E-state index contributed by atoms with van der Waals surface area (Å²) in [6, 6.07) is 11.2. The van der Waals surface area contributed by atoms with Crippen LogP contribution in [-0.2, 0) is 22.4 Å². The molecule has 0 saturated carbocycles. The molecule has 1 atom stereocenters. The average molecular weight is 356 g/mol. The van der Waals surface area contributed by atoms with E-state index in [0.717, 1.165) is 25.0 Å². The summed E-state index contributed by atoms with van der Waals surface area (Å²) >= 11 is 0. The van der Waals surface area contributed by atoms with Gasteiger partial charge in [-0.15, -0.1) is 0 Å². The first-order chi connectivity index (χ1) is 12.7. The normalized spacial score (nSPS) is 17.1. The average Bonchev–Trinajstić information content (AvgIpc) is 3.16. The van der Waals surface area contributed by atoms with E-state index < -0.39 is 6.04 Å². The minimum atomic E-state index is -0.533. The zero-order valence-corrected chi connectivity index (χ0v) is 15.0. The number of benzene rings is 1. The zero-order valence-electron chi connectivity index (χ0n) is 15.0. The molecule has 0 bridgehead atoms. The van der Waals surface area contributed by atoms with Crippen molar-refractivity contribution in [1.29, 1.82) is 0 Å². The molecule has 138 valence electrons. The molecule has 1 aliphatic heterocycles. The van der Waals surface area contributed by atoms with Crippen molar-refractivity contribution in [2.45, 2.75) is 45.1 Å². The van der Waals surface area contributed by atoms with Crippen molar-refractivity contribution in [1.82, 2.24) is 10.1 Å². The lowest BCUT2D eigenvalue weighted by Crippen LogP contribution is -2.48. The van der Waals surface area contributed by atoms with Crippen LogP contribution >= 0.6 is 0 Å². The molecule has 1 aromatic heterocycles. The van der Waals surface area contributed by atoms with Gasteiger partial charge in [-0.3, -0.25) is 4.79 Å². The van der Waals surface area contributed by atoms with Gasteiger partial charge in [0.15, 0.2) is 0 Å². The first-order valence-corrected chi connectivity index (χ1v) is 9.16. The van der Waals surface area contributed by atoms with Crippen molar-refractivity contribution in [2.75, 3.05) is 13.2 Å². The third-order valence-corrected chi connectivity index (χ3v) is 4.60. The van der Waals surface area contributed by atoms with Crippen LogP contribution in [0.25, 0.3) is 0 Å². The number of ether oxygens (including phenoxy) is 1. The van der Waals surface area contributed by atoms with E-state index >= 15 is 0 Å². The maximum Gasteiger partial charge on any atom is 0.328 e. The van der Waals surface area contributed by atoms with E-state index in [1.165, 1.54) is 5.56 Å². The maximum atomic E-state index is 12.8. The molecule has 26 heavy (non-hydrogen) atoms. The molecule has 1 unspecified atom stereocenters. The summed E-state index contributed by atoms with van der Waals surface area (Å²) in [5, 5.41) is 4.01. The minimum Gasteiger partial charge on any atom is -0.464 e. The van der Waals surface area contributed by atoms with Crippen LogP contribution in [0.3, 0.4) is 0 Å². The standard InChI is InChI=1S/C20H24N2O4/c1-2-25-20(24)17-10-6-7-13-22(17)19(23)18-14-16(21-26-18)12-11-15-8-4-3-5-9-15/h3-5,8-9,14,17H,2,6-7,10-13H2,1H3. The number of carbonyl (C=O) groups is 2. The smallest absolute Gasteiger partial charge is 0.328 e. The fraction of sp³-hybridized carbons (Fsp3) is 0.450. The molecule has 0 aliphatic carbocycles. The molecule has 6 heteroatoms. The number of aryl methyl sites for hydroxylation is 2. The molecule has 2 aromatic rings. The lowest BCUT2D eigenvalue weighted by Gasteiger charge is -2.33. The summed E-state index contributed by atoms with van der Waals surface area (Å²) < 4.78 is 10.4. The van der Waals surface area contributed by atoms with Crippen LogP contribution in [0.5, 0.6) is 0 Å². The Hall–Kier alpha value is -2.63. The third-order valence-electron chi connectivity index (χ3n) is 4.60. The van der Waals surface area contributed by atoms with Crippen LogP contribution < -0.4 is 0 Å². The summed E-state index contributed by atoms with van der Waals surface area (Å²) in [7, 11) is 0. The highest BCUT2D eigenvalue weighted by molar-refractivity contribution is 5.94. The number of hydrogen-bond donors (Lipinski definition) is 0. The number of piperidine rings is 1. The molecular weight excluding hydrogens is 332 g/mol. The fourth-order valence-electron chi connectivity index (χ4n) is 3.25. The first-order valence-electron chi connectivity index (χ1n) is 9.16. The molecule has 0 spiro atoms. The van der Waals surface area contributed by atoms with Gasteiger partial charge in [0.25, 0.3) is 5.91 Å². The number of nitrogens with zero attached hydrogens (tertiary/aromatic N) is 2. The van der Waals surface area contributed by atoms with Crippen molar-refractivity contribution >= 4 is 11.9 Å². The van der Waals surface area contributed by atoms with Gasteiger partial charge in [-0.05, 0) is 44.6 Å².